The van der Waals surface area contributed by atoms with Crippen molar-refractivity contribution >= 4 is 84.8 Å². The fourth-order valence-corrected chi connectivity index (χ4v) is 18.1. The Morgan fingerprint density at radius 2 is 0.579 bits per heavy atom. The quantitative estimate of drug-likeness (QED) is 0.0274. The Labute approximate surface area is 750 Å². The van der Waals surface area contributed by atoms with Crippen molar-refractivity contribution in [2.45, 2.75) is 185 Å². The molecule has 0 spiro atoms. The molecule has 8 atom stereocenters. The van der Waals surface area contributed by atoms with Crippen LogP contribution in [-0.4, -0.2) is 398 Å². The summed E-state index contributed by atoms with van der Waals surface area (Å²) in [5.74, 6) is 5.25. The van der Waals surface area contributed by atoms with Gasteiger partial charge in [-0.1, -0.05) is 136 Å². The molecule has 8 unspecified atom stereocenters. The summed E-state index contributed by atoms with van der Waals surface area (Å²) >= 11 is 0. The van der Waals surface area contributed by atoms with Crippen LogP contribution in [0.1, 0.15) is 61.8 Å². The van der Waals surface area contributed by atoms with Gasteiger partial charge in [-0.25, -0.2) is 0 Å². The Bertz CT molecular complexity index is 2300. The Balaban J connectivity index is -0.0000000518. The Morgan fingerprint density at radius 1 is 0.336 bits per heavy atom. The van der Waals surface area contributed by atoms with Crippen LogP contribution in [-0.2, 0) is 151 Å². The number of aliphatic hydroxyl groups excluding tert-OH is 9. The molecule has 0 aromatic carbocycles. The maximum atomic E-state index is 10.5. The molecule has 0 amide bonds. The van der Waals surface area contributed by atoms with Crippen LogP contribution < -0.4 is 0 Å². The zero-order chi connectivity index (χ0) is 80.3. The molecule has 40 heteroatoms. The van der Waals surface area contributed by atoms with E-state index in [2.05, 4.69) is 124 Å². The van der Waals surface area contributed by atoms with E-state index in [9.17, 15) is 30.6 Å². The standard InChI is InChI=1S/C11H26N2OSi.C10H24N2OSi.C8H20N2OSi.C7H18N2OSi.C7H16N2O.C7H14N2O.C6H14N2O.C6H12N2O.C5H12N2O.9Co/c1-7-15(8-2,9-3)11(14)10(12-4)13(5)6;1-6-14(7-2,8-3)10(13)9(11)12(4)5;1-9-7(10(2)3)8(11)12(4,5)6;1-9(2)6(8)7(10)11(3,4)5;2*1-5-6(10)7(8-2)9(3)4;1-5(9)6(7-2)8(3)4;1-4-5(9)6(7)8(2)3;1-6-5(4-8)7(2)3;;;;;;;;;/h11,14H,7-9H2,1-6H3;10-11,13H,6-8H2,1-5H3;8,11H,1-6H3;7-8,10H,1-5H3;6,10H,5H2,1-4H3;5-6,10H,1H2,2-4H3;5,9H,1-4H3;4-5,7,9H,1H2,2-3H3;8H,4H2,1-3H3;;;;;;;;;. The number of nitrogens with zero attached hydrogens (tertiary/aromatic N) is 15. The van der Waals surface area contributed by atoms with Crippen LogP contribution in [0.25, 0.3) is 0 Å². The fourth-order valence-electron chi connectivity index (χ4n) is 8.72. The Morgan fingerprint density at radius 3 is 0.682 bits per heavy atom. The molecule has 107 heavy (non-hydrogen) atoms. The summed E-state index contributed by atoms with van der Waals surface area (Å²) in [6.45, 7) is 36.0. The number of nitrogens with one attached hydrogen (secondary N) is 3. The van der Waals surface area contributed by atoms with Gasteiger partial charge < -0.3 is 90.1 Å². The molecular weight excluding hydrogens is 1840 g/mol. The van der Waals surface area contributed by atoms with Gasteiger partial charge in [0.05, 0.1) is 43.7 Å². The first-order valence-electron chi connectivity index (χ1n) is 33.6. The van der Waals surface area contributed by atoms with Gasteiger partial charge >= 0.3 is 0 Å². The van der Waals surface area contributed by atoms with Gasteiger partial charge in [0.1, 0.15) is 95.0 Å². The predicted octanol–water partition coefficient (Wildman–Crippen LogP) is 5.54. The van der Waals surface area contributed by atoms with Crippen LogP contribution in [0.2, 0.25) is 75.5 Å². The molecule has 9 radical (unpaired) electrons. The Kier molecular flexibility index (Phi) is 119. The van der Waals surface area contributed by atoms with Crippen LogP contribution in [0.5, 0.6) is 0 Å². The molecule has 0 aromatic heterocycles. The summed E-state index contributed by atoms with van der Waals surface area (Å²) < 4.78 is 0. The van der Waals surface area contributed by atoms with Crippen LogP contribution >= 0.6 is 0 Å². The van der Waals surface area contributed by atoms with Crippen molar-refractivity contribution in [3.8, 4) is 0 Å². The second-order valence-electron chi connectivity index (χ2n) is 27.1. The van der Waals surface area contributed by atoms with Crippen molar-refractivity contribution in [3.63, 3.8) is 0 Å². The molecule has 665 valence electrons. The normalized spacial score (nSPS) is 13.2. The van der Waals surface area contributed by atoms with E-state index in [1.165, 1.54) is 17.1 Å². The van der Waals surface area contributed by atoms with Crippen LogP contribution in [0, 0.1) is 16.2 Å². The SMILES string of the molecule is C=CC(O)C(=N)N(C)C.C=CC(O)C(=NC)N(C)C.CCC(O)C(=NC)N(C)C.CC[Si](CC)(CC)C(O)C(=N)N(C)C.CC[Si](CC)(CC)C(O)C(=NC)N(C)C.CN(C)C(=N)C(O)[Si](C)(C)C.CN=C(C(C)O)N(C)C.CN=C(C(O)[Si](C)(C)C)N(C)C.CN=C(CO)N(C)C.[Co].[Co].[Co].[Co].[Co].[Co].[Co].[Co].[Co]. The minimum atomic E-state index is -1.66. The van der Waals surface area contributed by atoms with Gasteiger partial charge in [0.2, 0.25) is 0 Å². The average molecular weight is 2000 g/mol. The summed E-state index contributed by atoms with van der Waals surface area (Å²) in [7, 11) is 36.9. The third-order valence-electron chi connectivity index (χ3n) is 15.9. The van der Waals surface area contributed by atoms with E-state index in [4.69, 9.17) is 31.5 Å². The first kappa shape index (κ1) is 152. The van der Waals surface area contributed by atoms with E-state index in [-0.39, 0.29) is 175 Å². The van der Waals surface area contributed by atoms with Crippen LogP contribution in [0.15, 0.2) is 55.3 Å². The van der Waals surface area contributed by atoms with Gasteiger partial charge in [-0.15, -0.1) is 13.2 Å². The summed E-state index contributed by atoms with van der Waals surface area (Å²) in [5, 5.41) is 108. The van der Waals surface area contributed by atoms with Gasteiger partial charge in [0.25, 0.3) is 0 Å². The van der Waals surface area contributed by atoms with E-state index in [1.54, 1.807) is 102 Å². The first-order valence-corrected chi connectivity index (χ1v) is 46.1. The number of aliphatic imine (C=N–C) groups is 6. The first-order chi connectivity index (χ1) is 44.7. The molecule has 0 saturated heterocycles. The third kappa shape index (κ3) is 67.6. The molecule has 12 N–H and O–H groups in total. The number of amidine groups is 9. The smallest absolute Gasteiger partial charge is 0.131 e. The molecule has 0 fully saturated rings. The van der Waals surface area contributed by atoms with Crippen molar-refractivity contribution in [1.29, 1.82) is 16.2 Å². The number of hydrogen-bond acceptors (Lipinski definition) is 18. The maximum Gasteiger partial charge on any atom is 0.131 e. The topological polar surface area (TPSA) is 357 Å². The van der Waals surface area contributed by atoms with E-state index in [0.29, 0.717) is 35.6 Å². The van der Waals surface area contributed by atoms with E-state index in [1.807, 2.05) is 120 Å². The van der Waals surface area contributed by atoms with Crippen molar-refractivity contribution in [1.82, 2.24) is 44.1 Å². The van der Waals surface area contributed by atoms with Crippen molar-refractivity contribution in [2.75, 3.05) is 176 Å². The number of rotatable bonds is 22. The minimum Gasteiger partial charge on any atom is -0.389 e. The third-order valence-corrected chi connectivity index (χ3v) is 31.0. The van der Waals surface area contributed by atoms with Gasteiger partial charge in [-0.3, -0.25) is 46.2 Å². The summed E-state index contributed by atoms with van der Waals surface area (Å²) in [5.41, 5.74) is -1.73. The molecule has 0 aliphatic carbocycles. The summed E-state index contributed by atoms with van der Waals surface area (Å²) in [6, 6.07) is 6.52. The van der Waals surface area contributed by atoms with Crippen LogP contribution in [0.4, 0.5) is 0 Å². The van der Waals surface area contributed by atoms with Gasteiger partial charge in [-0.05, 0) is 13.3 Å². The predicted molar refractivity (Wildman–Crippen MR) is 439 cm³/mol. The van der Waals surface area contributed by atoms with E-state index >= 15 is 0 Å². The number of hydrogen-bond donors (Lipinski definition) is 12. The van der Waals surface area contributed by atoms with E-state index < -0.39 is 68.2 Å². The molecule has 0 bridgehead atoms. The molecule has 0 aliphatic heterocycles. The second-order valence-corrected chi connectivity index (χ2v) is 48.4. The molecule has 0 aliphatic rings. The summed E-state index contributed by atoms with van der Waals surface area (Å²) in [4.78, 5) is 39.7. The molecular formula is C67H156Co9N18O9Si4. The van der Waals surface area contributed by atoms with Crippen molar-refractivity contribution in [3.05, 3.63) is 25.3 Å². The molecule has 0 heterocycles. The minimum absolute atomic E-state index is 0. The molecule has 0 saturated carbocycles. The monoisotopic (exact) mass is 2000 g/mol. The molecule has 0 rings (SSSR count). The second kappa shape index (κ2) is 83.7. The maximum absolute atomic E-state index is 10.5. The average Bonchev–Trinajstić information content (AvgIpc) is 0.833. The van der Waals surface area contributed by atoms with Gasteiger partial charge in [0.15, 0.2) is 0 Å². The Hall–Kier alpha value is -0.224. The van der Waals surface area contributed by atoms with Crippen molar-refractivity contribution < 1.29 is 197 Å². The fraction of sp³-hybridized carbons (Fsp3) is 0.806. The van der Waals surface area contributed by atoms with Crippen LogP contribution in [0.3, 0.4) is 0 Å². The largest absolute Gasteiger partial charge is 0.389 e. The number of aliphatic hydroxyl groups is 9. The zero-order valence-corrected chi connectivity index (χ0v) is 85.9. The molecule has 27 nitrogen and oxygen atoms in total. The zero-order valence-electron chi connectivity index (χ0n) is 72.6. The summed E-state index contributed by atoms with van der Waals surface area (Å²) in [6.07, 6.45) is 1.11. The van der Waals surface area contributed by atoms with Gasteiger partial charge in [0, 0.05) is 320 Å². The molecule has 0 aromatic rings. The number of likely N-dealkylation sites (N-methyl/N-ethyl adjacent to an activating group) is 9. The van der Waals surface area contributed by atoms with Crippen molar-refractivity contribution in [2.24, 2.45) is 30.0 Å². The van der Waals surface area contributed by atoms with Gasteiger partial charge in [-0.2, -0.15) is 0 Å². The van der Waals surface area contributed by atoms with E-state index in [0.717, 1.165) is 53.8 Å².